The Labute approximate surface area is 131 Å². The first-order chi connectivity index (χ1) is 11.0. The second-order valence-electron chi connectivity index (χ2n) is 5.54. The number of hydrogen-bond acceptors (Lipinski definition) is 7. The fourth-order valence-electron chi connectivity index (χ4n) is 2.41. The van der Waals surface area contributed by atoms with Gasteiger partial charge >= 0.3 is 0 Å². The van der Waals surface area contributed by atoms with Gasteiger partial charge in [0.1, 0.15) is 12.3 Å². The van der Waals surface area contributed by atoms with Crippen LogP contribution < -0.4 is 5.56 Å². The van der Waals surface area contributed by atoms with Crippen molar-refractivity contribution in [3.63, 3.8) is 0 Å². The first kappa shape index (κ1) is 15.6. The lowest BCUT2D eigenvalue weighted by Gasteiger charge is -2.13. The van der Waals surface area contributed by atoms with E-state index in [9.17, 15) is 15.0 Å². The number of fused-ring (bicyclic) bond motifs is 1. The summed E-state index contributed by atoms with van der Waals surface area (Å²) in [6.07, 6.45) is 1.24. The van der Waals surface area contributed by atoms with Crippen molar-refractivity contribution in [3.05, 3.63) is 16.7 Å². The van der Waals surface area contributed by atoms with Gasteiger partial charge in [0.05, 0.1) is 25.4 Å². The van der Waals surface area contributed by atoms with Crippen LogP contribution in [0.3, 0.4) is 0 Å². The van der Waals surface area contributed by atoms with Gasteiger partial charge in [-0.15, -0.1) is 0 Å². The van der Waals surface area contributed by atoms with Gasteiger partial charge in [0.2, 0.25) is 5.95 Å². The van der Waals surface area contributed by atoms with E-state index in [-0.39, 0.29) is 24.5 Å². The van der Waals surface area contributed by atoms with E-state index in [0.717, 1.165) is 0 Å². The molecule has 23 heavy (non-hydrogen) atoms. The molecule has 0 saturated carbocycles. The van der Waals surface area contributed by atoms with Gasteiger partial charge < -0.3 is 19.8 Å². The van der Waals surface area contributed by atoms with Gasteiger partial charge in [0.15, 0.2) is 11.2 Å². The van der Waals surface area contributed by atoms with Crippen LogP contribution >= 0.6 is 0 Å². The van der Waals surface area contributed by atoms with Crippen molar-refractivity contribution in [2.75, 3.05) is 20.7 Å². The summed E-state index contributed by atoms with van der Waals surface area (Å²) in [4.78, 5) is 28.7. The SMILES string of the molecule is CN(C)/C=N/c1nc2c(ncn2[C@H]2C[C@@H](O)[C@@H](CO)O2)c(=O)[nH]1. The normalized spacial score (nSPS) is 24.8. The van der Waals surface area contributed by atoms with E-state index < -0.39 is 24.0 Å². The average Bonchev–Trinajstić information content (AvgIpc) is 3.08. The molecule has 0 spiro atoms. The third kappa shape index (κ3) is 2.96. The fraction of sp³-hybridized carbons (Fsp3) is 0.538. The van der Waals surface area contributed by atoms with Crippen LogP contribution in [-0.2, 0) is 4.74 Å². The molecule has 0 unspecified atom stereocenters. The molecule has 1 fully saturated rings. The number of aliphatic hydroxyl groups is 2. The van der Waals surface area contributed by atoms with Crippen LogP contribution in [0.5, 0.6) is 0 Å². The smallest absolute Gasteiger partial charge is 0.280 e. The molecule has 1 aliphatic rings. The van der Waals surface area contributed by atoms with Gasteiger partial charge in [0.25, 0.3) is 5.56 Å². The van der Waals surface area contributed by atoms with Crippen molar-refractivity contribution < 1.29 is 14.9 Å². The number of aliphatic hydroxyl groups excluding tert-OH is 2. The third-order valence-corrected chi connectivity index (χ3v) is 3.53. The molecule has 2 aromatic heterocycles. The number of aromatic amines is 1. The molecule has 3 heterocycles. The van der Waals surface area contributed by atoms with Gasteiger partial charge in [-0.2, -0.15) is 4.98 Å². The molecule has 3 rings (SSSR count). The van der Waals surface area contributed by atoms with Gasteiger partial charge in [-0.25, -0.2) is 9.98 Å². The Kier molecular flexibility index (Phi) is 4.11. The summed E-state index contributed by atoms with van der Waals surface area (Å²) in [6.45, 7) is -0.281. The predicted octanol–water partition coefficient (Wildman–Crippen LogP) is -1.02. The number of aliphatic imine (C=N–C) groups is 1. The Bertz CT molecular complexity index is 782. The lowest BCUT2D eigenvalue weighted by atomic mass is 10.2. The number of H-pyrrole nitrogens is 1. The van der Waals surface area contributed by atoms with E-state index >= 15 is 0 Å². The predicted molar refractivity (Wildman–Crippen MR) is 81.6 cm³/mol. The molecule has 0 aliphatic carbocycles. The zero-order valence-corrected chi connectivity index (χ0v) is 12.7. The summed E-state index contributed by atoms with van der Waals surface area (Å²) < 4.78 is 7.14. The maximum Gasteiger partial charge on any atom is 0.280 e. The molecule has 1 saturated heterocycles. The molecule has 3 atom stereocenters. The topological polar surface area (TPSA) is 129 Å². The first-order valence-electron chi connectivity index (χ1n) is 7.11. The summed E-state index contributed by atoms with van der Waals surface area (Å²) in [5.41, 5.74) is 0.0756. The Morgan fingerprint density at radius 1 is 1.61 bits per heavy atom. The molecule has 1 aliphatic heterocycles. The number of nitrogens with zero attached hydrogens (tertiary/aromatic N) is 5. The van der Waals surface area contributed by atoms with Gasteiger partial charge in [-0.05, 0) is 0 Å². The van der Waals surface area contributed by atoms with Crippen LogP contribution in [0.15, 0.2) is 16.1 Å². The Morgan fingerprint density at radius 2 is 2.39 bits per heavy atom. The van der Waals surface area contributed by atoms with Crippen LogP contribution in [0, 0.1) is 0 Å². The Balaban J connectivity index is 2.00. The van der Waals surface area contributed by atoms with Gasteiger partial charge in [-0.3, -0.25) is 14.3 Å². The molecule has 0 radical (unpaired) electrons. The quantitative estimate of drug-likeness (QED) is 0.485. The average molecular weight is 322 g/mol. The maximum atomic E-state index is 12.1. The number of nitrogens with one attached hydrogen (secondary N) is 1. The maximum absolute atomic E-state index is 12.1. The molecule has 0 amide bonds. The first-order valence-corrected chi connectivity index (χ1v) is 7.11. The summed E-state index contributed by atoms with van der Waals surface area (Å²) in [5, 5.41) is 19.0. The Morgan fingerprint density at radius 3 is 3.04 bits per heavy atom. The fourth-order valence-corrected chi connectivity index (χ4v) is 2.41. The van der Waals surface area contributed by atoms with Crippen LogP contribution in [-0.4, -0.2) is 73.9 Å². The minimum atomic E-state index is -0.782. The summed E-state index contributed by atoms with van der Waals surface area (Å²) in [6, 6.07) is 0. The van der Waals surface area contributed by atoms with E-state index in [1.807, 2.05) is 0 Å². The highest BCUT2D eigenvalue weighted by Gasteiger charge is 2.35. The highest BCUT2D eigenvalue weighted by Crippen LogP contribution is 2.30. The summed E-state index contributed by atoms with van der Waals surface area (Å²) in [7, 11) is 3.60. The largest absolute Gasteiger partial charge is 0.394 e. The van der Waals surface area contributed by atoms with E-state index in [4.69, 9.17) is 4.74 Å². The number of rotatable bonds is 4. The van der Waals surface area contributed by atoms with E-state index in [1.54, 1.807) is 23.6 Å². The Hall–Kier alpha value is -2.30. The molecule has 0 aromatic carbocycles. The number of aromatic nitrogens is 4. The number of hydrogen-bond donors (Lipinski definition) is 3. The number of imidazole rings is 1. The minimum Gasteiger partial charge on any atom is -0.394 e. The number of ether oxygens (including phenoxy) is 1. The zero-order chi connectivity index (χ0) is 16.6. The third-order valence-electron chi connectivity index (χ3n) is 3.53. The van der Waals surface area contributed by atoms with Crippen molar-refractivity contribution in [1.29, 1.82) is 0 Å². The van der Waals surface area contributed by atoms with Crippen molar-refractivity contribution >= 4 is 23.5 Å². The van der Waals surface area contributed by atoms with Crippen LogP contribution in [0.4, 0.5) is 5.95 Å². The van der Waals surface area contributed by atoms with Crippen molar-refractivity contribution in [3.8, 4) is 0 Å². The lowest BCUT2D eigenvalue weighted by molar-refractivity contribution is -0.0432. The zero-order valence-electron chi connectivity index (χ0n) is 12.7. The monoisotopic (exact) mass is 322 g/mol. The van der Waals surface area contributed by atoms with E-state index in [0.29, 0.717) is 5.65 Å². The van der Waals surface area contributed by atoms with Crippen LogP contribution in [0.25, 0.3) is 11.2 Å². The second kappa shape index (κ2) is 6.07. The molecule has 3 N–H and O–H groups in total. The van der Waals surface area contributed by atoms with Crippen LogP contribution in [0.2, 0.25) is 0 Å². The molecule has 124 valence electrons. The highest BCUT2D eigenvalue weighted by molar-refractivity contribution is 5.71. The molecule has 2 aromatic rings. The summed E-state index contributed by atoms with van der Waals surface area (Å²) in [5.74, 6) is 0.148. The van der Waals surface area contributed by atoms with E-state index in [1.165, 1.54) is 12.7 Å². The highest BCUT2D eigenvalue weighted by atomic mass is 16.5. The molecular formula is C13H18N6O4. The summed E-state index contributed by atoms with van der Waals surface area (Å²) >= 11 is 0. The van der Waals surface area contributed by atoms with Gasteiger partial charge in [0, 0.05) is 20.5 Å². The van der Waals surface area contributed by atoms with Gasteiger partial charge in [-0.1, -0.05) is 0 Å². The second-order valence-corrected chi connectivity index (χ2v) is 5.54. The van der Waals surface area contributed by atoms with E-state index in [2.05, 4.69) is 19.9 Å². The molecule has 0 bridgehead atoms. The van der Waals surface area contributed by atoms with Crippen molar-refractivity contribution in [2.24, 2.45) is 4.99 Å². The van der Waals surface area contributed by atoms with Crippen LogP contribution in [0.1, 0.15) is 12.6 Å². The molecular weight excluding hydrogens is 304 g/mol. The van der Waals surface area contributed by atoms with Crippen molar-refractivity contribution in [2.45, 2.75) is 24.9 Å². The van der Waals surface area contributed by atoms with Crippen molar-refractivity contribution in [1.82, 2.24) is 24.4 Å². The standard InChI is InChI=1S/C13H18N6O4/c1-18(2)5-15-13-16-11-10(12(22)17-13)14-6-19(11)9-3-7(21)8(4-20)23-9/h5-9,20-21H,3-4H2,1-2H3,(H,16,17,22)/b15-5+/t7-,8-,9-/m1/s1. The minimum absolute atomic E-state index is 0.148. The lowest BCUT2D eigenvalue weighted by Crippen LogP contribution is -2.24. The molecule has 10 nitrogen and oxygen atoms in total. The molecule has 10 heteroatoms.